The van der Waals surface area contributed by atoms with Crippen LogP contribution in [0.4, 0.5) is 23.2 Å². The summed E-state index contributed by atoms with van der Waals surface area (Å²) in [5.74, 6) is -8.25. The number of carbonyl (C=O) groups is 1. The van der Waals surface area contributed by atoms with Gasteiger partial charge in [-0.15, -0.1) is 0 Å². The third kappa shape index (κ3) is 6.19. The van der Waals surface area contributed by atoms with Gasteiger partial charge in [0.2, 0.25) is 10.0 Å². The van der Waals surface area contributed by atoms with Crippen molar-refractivity contribution in [3.05, 3.63) is 101 Å². The molecule has 0 amide bonds. The van der Waals surface area contributed by atoms with Gasteiger partial charge >= 0.3 is 0 Å². The largest absolute Gasteiger partial charge is 0.378 e. The minimum Gasteiger partial charge on any atom is -0.378 e. The van der Waals surface area contributed by atoms with E-state index in [4.69, 9.17) is 0 Å². The van der Waals surface area contributed by atoms with Crippen LogP contribution in [0.5, 0.6) is 0 Å². The van der Waals surface area contributed by atoms with Crippen molar-refractivity contribution in [3.63, 3.8) is 0 Å². The number of carbonyl (C=O) groups excluding carboxylic acids is 1. The van der Waals surface area contributed by atoms with E-state index in [9.17, 15) is 30.8 Å². The van der Waals surface area contributed by atoms with Crippen molar-refractivity contribution >= 4 is 27.6 Å². The van der Waals surface area contributed by atoms with E-state index in [1.165, 1.54) is 13.0 Å². The minimum absolute atomic E-state index is 0.140. The van der Waals surface area contributed by atoms with Crippen molar-refractivity contribution < 1.29 is 30.8 Å². The summed E-state index contributed by atoms with van der Waals surface area (Å²) in [5.41, 5.74) is 2.58. The molecule has 0 bridgehead atoms. The van der Waals surface area contributed by atoms with E-state index < -0.39 is 38.2 Å². The molecule has 0 saturated heterocycles. The number of sulfonamides is 1. The van der Waals surface area contributed by atoms with Crippen molar-refractivity contribution in [2.24, 2.45) is 0 Å². The van der Waals surface area contributed by atoms with Gasteiger partial charge in [-0.1, -0.05) is 42.5 Å². The highest BCUT2D eigenvalue weighted by Gasteiger charge is 2.32. The molecule has 0 aliphatic heterocycles. The van der Waals surface area contributed by atoms with Crippen LogP contribution in [0.15, 0.2) is 65.6 Å². The highest BCUT2D eigenvalue weighted by molar-refractivity contribution is 7.89. The minimum atomic E-state index is -4.81. The number of allylic oxidation sites excluding steroid dienone is 1. The summed E-state index contributed by atoms with van der Waals surface area (Å²) in [5, 5.41) is 0. The van der Waals surface area contributed by atoms with Crippen molar-refractivity contribution in [2.45, 2.75) is 24.9 Å². The summed E-state index contributed by atoms with van der Waals surface area (Å²) in [6, 6.07) is 13.5. The molecular formula is C26H24F4N2O3S. The summed E-state index contributed by atoms with van der Waals surface area (Å²) in [7, 11) is -1.14. The van der Waals surface area contributed by atoms with Crippen molar-refractivity contribution in [1.82, 2.24) is 4.31 Å². The van der Waals surface area contributed by atoms with Gasteiger partial charge in [0.1, 0.15) is 4.90 Å². The predicted octanol–water partition coefficient (Wildman–Crippen LogP) is 5.30. The van der Waals surface area contributed by atoms with Gasteiger partial charge in [-0.2, -0.15) is 4.31 Å². The Balaban J connectivity index is 2.02. The fraction of sp³-hybridized carbons (Fsp3) is 0.192. The Morgan fingerprint density at radius 1 is 0.833 bits per heavy atom. The number of halogens is 4. The van der Waals surface area contributed by atoms with Gasteiger partial charge in [0.15, 0.2) is 29.1 Å². The maximum absolute atomic E-state index is 14.5. The second kappa shape index (κ2) is 11.0. The number of rotatable bonds is 9. The van der Waals surface area contributed by atoms with E-state index in [1.807, 2.05) is 19.0 Å². The average Bonchev–Trinajstić information content (AvgIpc) is 2.84. The molecule has 0 aromatic heterocycles. The van der Waals surface area contributed by atoms with Crippen LogP contribution in [0.1, 0.15) is 23.6 Å². The Kier molecular flexibility index (Phi) is 8.31. The smallest absolute Gasteiger partial charge is 0.246 e. The van der Waals surface area contributed by atoms with E-state index >= 15 is 0 Å². The predicted molar refractivity (Wildman–Crippen MR) is 130 cm³/mol. The summed E-state index contributed by atoms with van der Waals surface area (Å²) in [6.07, 6.45) is 2.97. The van der Waals surface area contributed by atoms with Crippen LogP contribution < -0.4 is 4.90 Å². The lowest BCUT2D eigenvalue weighted by atomic mass is 10.1. The van der Waals surface area contributed by atoms with Gasteiger partial charge in [0, 0.05) is 38.9 Å². The summed E-state index contributed by atoms with van der Waals surface area (Å²) >= 11 is 0. The number of anilines is 1. The van der Waals surface area contributed by atoms with Crippen LogP contribution in [0.2, 0.25) is 0 Å². The Morgan fingerprint density at radius 2 is 1.36 bits per heavy atom. The molecule has 3 aromatic rings. The van der Waals surface area contributed by atoms with Crippen molar-refractivity contribution in [1.29, 1.82) is 0 Å². The first-order valence-electron chi connectivity index (χ1n) is 10.8. The Morgan fingerprint density at radius 3 is 1.86 bits per heavy atom. The number of ketones is 1. The summed E-state index contributed by atoms with van der Waals surface area (Å²) in [4.78, 5) is 11.7. The maximum Gasteiger partial charge on any atom is 0.246 e. The van der Waals surface area contributed by atoms with E-state index in [-0.39, 0.29) is 24.9 Å². The van der Waals surface area contributed by atoms with Crippen LogP contribution in [0.25, 0.3) is 6.08 Å². The van der Waals surface area contributed by atoms with Crippen LogP contribution >= 0.6 is 0 Å². The third-order valence-corrected chi connectivity index (χ3v) is 7.14. The van der Waals surface area contributed by atoms with Crippen LogP contribution in [0.3, 0.4) is 0 Å². The molecule has 0 saturated carbocycles. The molecule has 3 aromatic carbocycles. The highest BCUT2D eigenvalue weighted by Crippen LogP contribution is 2.28. The molecule has 0 heterocycles. The Hall–Kier alpha value is -3.50. The van der Waals surface area contributed by atoms with Gasteiger partial charge in [-0.3, -0.25) is 4.79 Å². The van der Waals surface area contributed by atoms with Gasteiger partial charge in [0.25, 0.3) is 0 Å². The van der Waals surface area contributed by atoms with E-state index in [0.717, 1.165) is 9.99 Å². The second-order valence-electron chi connectivity index (χ2n) is 8.32. The average molecular weight is 521 g/mol. The number of nitrogens with zero attached hydrogens (tertiary/aromatic N) is 2. The Bertz CT molecular complexity index is 1390. The summed E-state index contributed by atoms with van der Waals surface area (Å²) < 4.78 is 83.3. The number of hydrogen-bond donors (Lipinski definition) is 0. The lowest BCUT2D eigenvalue weighted by Crippen LogP contribution is -2.31. The first-order valence-corrected chi connectivity index (χ1v) is 12.2. The van der Waals surface area contributed by atoms with E-state index in [2.05, 4.69) is 0 Å². The fourth-order valence-corrected chi connectivity index (χ4v) is 4.84. The molecule has 0 radical (unpaired) electrons. The zero-order valence-electron chi connectivity index (χ0n) is 19.8. The van der Waals surface area contributed by atoms with Gasteiger partial charge in [0.05, 0.1) is 0 Å². The highest BCUT2D eigenvalue weighted by atomic mass is 32.2. The summed E-state index contributed by atoms with van der Waals surface area (Å²) in [6.45, 7) is 0.884. The molecule has 0 aliphatic carbocycles. The van der Waals surface area contributed by atoms with E-state index in [0.29, 0.717) is 16.7 Å². The Labute approximate surface area is 207 Å². The van der Waals surface area contributed by atoms with Crippen LogP contribution in [-0.2, 0) is 27.9 Å². The lowest BCUT2D eigenvalue weighted by Gasteiger charge is -2.23. The first kappa shape index (κ1) is 27.1. The molecule has 190 valence electrons. The van der Waals surface area contributed by atoms with Gasteiger partial charge in [-0.25, -0.2) is 26.0 Å². The quantitative estimate of drug-likeness (QED) is 0.166. The topological polar surface area (TPSA) is 57.7 Å². The standard InChI is InChI=1S/C26H24F4N2O3S/c1-17(33)4-5-18-6-8-19(9-7-18)15-32(16-20-10-12-21(13-11-20)31(2)3)36(34,35)23-14-22(27)24(28)26(30)25(23)29/h4-14H,15-16H2,1-3H3/b5-4+. The molecule has 0 fully saturated rings. The maximum atomic E-state index is 14.5. The molecule has 0 N–H and O–H groups in total. The monoisotopic (exact) mass is 520 g/mol. The molecule has 3 rings (SSSR count). The van der Waals surface area contributed by atoms with Gasteiger partial charge in [-0.05, 0) is 41.8 Å². The molecular weight excluding hydrogens is 496 g/mol. The first-order chi connectivity index (χ1) is 16.9. The molecule has 0 unspecified atom stereocenters. The molecule has 0 aliphatic rings. The molecule has 0 atom stereocenters. The second-order valence-corrected chi connectivity index (χ2v) is 10.2. The molecule has 36 heavy (non-hydrogen) atoms. The number of benzene rings is 3. The lowest BCUT2D eigenvalue weighted by molar-refractivity contribution is -0.112. The fourth-order valence-electron chi connectivity index (χ4n) is 3.36. The van der Waals surface area contributed by atoms with Crippen LogP contribution in [0, 0.1) is 23.3 Å². The zero-order chi connectivity index (χ0) is 26.6. The van der Waals surface area contributed by atoms with Crippen molar-refractivity contribution in [2.75, 3.05) is 19.0 Å². The zero-order valence-corrected chi connectivity index (χ0v) is 20.6. The molecule has 10 heteroatoms. The number of hydrogen-bond acceptors (Lipinski definition) is 4. The molecule has 0 spiro atoms. The van der Waals surface area contributed by atoms with Crippen LogP contribution in [-0.4, -0.2) is 32.6 Å². The van der Waals surface area contributed by atoms with Gasteiger partial charge < -0.3 is 4.90 Å². The SMILES string of the molecule is CC(=O)/C=C/c1ccc(CN(Cc2ccc(N(C)C)cc2)S(=O)(=O)c2cc(F)c(F)c(F)c2F)cc1. The third-order valence-electron chi connectivity index (χ3n) is 5.35. The molecule has 5 nitrogen and oxygen atoms in total. The van der Waals surface area contributed by atoms with E-state index in [1.54, 1.807) is 54.6 Å². The van der Waals surface area contributed by atoms with Crippen molar-refractivity contribution in [3.8, 4) is 0 Å². The normalized spacial score (nSPS) is 11.9.